The van der Waals surface area contributed by atoms with Gasteiger partial charge in [-0.05, 0) is 60.8 Å². The van der Waals surface area contributed by atoms with Crippen LogP contribution in [0.15, 0.2) is 36.4 Å². The number of anilines is 1. The molecule has 0 aliphatic carbocycles. The van der Waals surface area contributed by atoms with Crippen LogP contribution in [0.3, 0.4) is 0 Å². The van der Waals surface area contributed by atoms with E-state index in [0.29, 0.717) is 10.6 Å². The van der Waals surface area contributed by atoms with Crippen molar-refractivity contribution in [3.63, 3.8) is 0 Å². The smallest absolute Gasteiger partial charge is 0.255 e. The number of carbonyl (C=O) groups excluding carboxylic acids is 1. The molecule has 1 amide bonds. The van der Waals surface area contributed by atoms with E-state index < -0.39 is 0 Å². The molecule has 2 aromatic carbocycles. The third-order valence-electron chi connectivity index (χ3n) is 3.70. The van der Waals surface area contributed by atoms with Gasteiger partial charge in [0.1, 0.15) is 0 Å². The van der Waals surface area contributed by atoms with Crippen LogP contribution >= 0.6 is 11.6 Å². The Hall–Kier alpha value is -1.84. The van der Waals surface area contributed by atoms with Crippen LogP contribution < -0.4 is 10.6 Å². The van der Waals surface area contributed by atoms with Gasteiger partial charge in [-0.15, -0.1) is 0 Å². The molecule has 4 heteroatoms. The van der Waals surface area contributed by atoms with Crippen molar-refractivity contribution in [2.24, 2.45) is 0 Å². The average Bonchev–Trinajstić information content (AvgIpc) is 2.46. The standard InChI is InChI=1S/C17H17ClN2O/c1-11-7-13(9-14(18)8-11)17(21)20-16-4-2-3-12-5-6-19-10-15(12)16/h2-4,7-9,19H,5-6,10H2,1H3,(H,20,21). The Bertz CT molecular complexity index is 677. The maximum atomic E-state index is 12.4. The van der Waals surface area contributed by atoms with Gasteiger partial charge in [0.05, 0.1) is 0 Å². The molecule has 2 aromatic rings. The van der Waals surface area contributed by atoms with E-state index in [1.54, 1.807) is 6.07 Å². The quantitative estimate of drug-likeness (QED) is 0.890. The zero-order valence-corrected chi connectivity index (χ0v) is 12.6. The van der Waals surface area contributed by atoms with Crippen LogP contribution in [0.2, 0.25) is 5.02 Å². The molecule has 3 rings (SSSR count). The fourth-order valence-corrected chi connectivity index (χ4v) is 2.98. The Morgan fingerprint density at radius 1 is 1.29 bits per heavy atom. The molecule has 0 spiro atoms. The lowest BCUT2D eigenvalue weighted by molar-refractivity contribution is 0.102. The molecule has 0 saturated heterocycles. The fourth-order valence-electron chi connectivity index (χ4n) is 2.69. The first-order chi connectivity index (χ1) is 10.1. The zero-order chi connectivity index (χ0) is 14.8. The number of hydrogen-bond donors (Lipinski definition) is 2. The molecule has 1 aliphatic heterocycles. The van der Waals surface area contributed by atoms with Crippen molar-refractivity contribution in [3.8, 4) is 0 Å². The second-order valence-electron chi connectivity index (χ2n) is 5.34. The molecule has 0 saturated carbocycles. The number of aryl methyl sites for hydroxylation is 1. The van der Waals surface area contributed by atoms with E-state index >= 15 is 0 Å². The number of fused-ring (bicyclic) bond motifs is 1. The van der Waals surface area contributed by atoms with E-state index in [9.17, 15) is 4.79 Å². The summed E-state index contributed by atoms with van der Waals surface area (Å²) in [5.74, 6) is -0.125. The number of carbonyl (C=O) groups is 1. The molecule has 0 atom stereocenters. The summed E-state index contributed by atoms with van der Waals surface area (Å²) < 4.78 is 0. The van der Waals surface area contributed by atoms with Crippen LogP contribution in [0.5, 0.6) is 0 Å². The Morgan fingerprint density at radius 2 is 2.14 bits per heavy atom. The molecule has 0 aromatic heterocycles. The number of hydrogen-bond acceptors (Lipinski definition) is 2. The third-order valence-corrected chi connectivity index (χ3v) is 3.92. The number of rotatable bonds is 2. The predicted molar refractivity (Wildman–Crippen MR) is 86.0 cm³/mol. The second-order valence-corrected chi connectivity index (χ2v) is 5.78. The highest BCUT2D eigenvalue weighted by Crippen LogP contribution is 2.24. The van der Waals surface area contributed by atoms with E-state index in [-0.39, 0.29) is 5.91 Å². The number of amides is 1. The van der Waals surface area contributed by atoms with Gasteiger partial charge in [0, 0.05) is 22.8 Å². The van der Waals surface area contributed by atoms with Crippen molar-refractivity contribution < 1.29 is 4.79 Å². The first kappa shape index (κ1) is 14.1. The van der Waals surface area contributed by atoms with E-state index in [1.807, 2.05) is 31.2 Å². The highest BCUT2D eigenvalue weighted by atomic mass is 35.5. The summed E-state index contributed by atoms with van der Waals surface area (Å²) in [6, 6.07) is 11.4. The van der Waals surface area contributed by atoms with Gasteiger partial charge in [-0.1, -0.05) is 23.7 Å². The SMILES string of the molecule is Cc1cc(Cl)cc(C(=O)Nc2cccc3c2CNCC3)c1. The predicted octanol–water partition coefficient (Wildman–Crippen LogP) is 3.55. The molecule has 21 heavy (non-hydrogen) atoms. The average molecular weight is 301 g/mol. The molecule has 1 heterocycles. The molecule has 0 unspecified atom stereocenters. The lowest BCUT2D eigenvalue weighted by Crippen LogP contribution is -2.25. The minimum absolute atomic E-state index is 0.125. The summed E-state index contributed by atoms with van der Waals surface area (Å²) in [7, 11) is 0. The highest BCUT2D eigenvalue weighted by molar-refractivity contribution is 6.31. The van der Waals surface area contributed by atoms with Crippen molar-refractivity contribution in [1.29, 1.82) is 0 Å². The van der Waals surface area contributed by atoms with Crippen molar-refractivity contribution in [2.75, 3.05) is 11.9 Å². The summed E-state index contributed by atoms with van der Waals surface area (Å²) in [6.45, 7) is 3.70. The number of benzene rings is 2. The molecule has 0 radical (unpaired) electrons. The topological polar surface area (TPSA) is 41.1 Å². The minimum atomic E-state index is -0.125. The first-order valence-electron chi connectivity index (χ1n) is 7.03. The van der Waals surface area contributed by atoms with Crippen molar-refractivity contribution in [1.82, 2.24) is 5.32 Å². The van der Waals surface area contributed by atoms with E-state index in [2.05, 4.69) is 16.7 Å². The van der Waals surface area contributed by atoms with Crippen LogP contribution in [0.25, 0.3) is 0 Å². The van der Waals surface area contributed by atoms with E-state index in [4.69, 9.17) is 11.6 Å². The van der Waals surface area contributed by atoms with Crippen molar-refractivity contribution >= 4 is 23.2 Å². The van der Waals surface area contributed by atoms with Crippen LogP contribution in [0.1, 0.15) is 27.0 Å². The van der Waals surface area contributed by atoms with Crippen LogP contribution in [-0.2, 0) is 13.0 Å². The molecule has 2 N–H and O–H groups in total. The Balaban J connectivity index is 1.88. The van der Waals surface area contributed by atoms with E-state index in [0.717, 1.165) is 30.8 Å². The summed E-state index contributed by atoms with van der Waals surface area (Å²) >= 11 is 6.02. The van der Waals surface area contributed by atoms with Crippen molar-refractivity contribution in [3.05, 3.63) is 63.7 Å². The molecule has 3 nitrogen and oxygen atoms in total. The van der Waals surface area contributed by atoms with Gasteiger partial charge in [-0.2, -0.15) is 0 Å². The highest BCUT2D eigenvalue weighted by Gasteiger charge is 2.15. The normalized spacial score (nSPS) is 13.6. The Morgan fingerprint density at radius 3 is 2.95 bits per heavy atom. The van der Waals surface area contributed by atoms with Gasteiger partial charge in [-0.3, -0.25) is 4.79 Å². The maximum Gasteiger partial charge on any atom is 0.255 e. The van der Waals surface area contributed by atoms with Gasteiger partial charge in [0.2, 0.25) is 0 Å². The maximum absolute atomic E-state index is 12.4. The fraction of sp³-hybridized carbons (Fsp3) is 0.235. The van der Waals surface area contributed by atoms with Gasteiger partial charge in [0.25, 0.3) is 5.91 Å². The summed E-state index contributed by atoms with van der Waals surface area (Å²) in [5, 5.41) is 6.92. The molecule has 0 fully saturated rings. The third kappa shape index (κ3) is 3.09. The summed E-state index contributed by atoms with van der Waals surface area (Å²) in [6.07, 6.45) is 0.995. The molecular weight excluding hydrogens is 284 g/mol. The van der Waals surface area contributed by atoms with Crippen LogP contribution in [0.4, 0.5) is 5.69 Å². The van der Waals surface area contributed by atoms with Gasteiger partial charge >= 0.3 is 0 Å². The summed E-state index contributed by atoms with van der Waals surface area (Å²) in [4.78, 5) is 12.4. The molecular formula is C17H17ClN2O. The minimum Gasteiger partial charge on any atom is -0.322 e. The van der Waals surface area contributed by atoms with Crippen LogP contribution in [-0.4, -0.2) is 12.5 Å². The van der Waals surface area contributed by atoms with Gasteiger partial charge < -0.3 is 10.6 Å². The molecule has 108 valence electrons. The lowest BCUT2D eigenvalue weighted by Gasteiger charge is -2.20. The molecule has 0 bridgehead atoms. The Kier molecular flexibility index (Phi) is 3.95. The zero-order valence-electron chi connectivity index (χ0n) is 11.9. The summed E-state index contributed by atoms with van der Waals surface area (Å²) in [5.41, 5.74) is 4.91. The monoisotopic (exact) mass is 300 g/mol. The lowest BCUT2D eigenvalue weighted by atomic mass is 9.99. The van der Waals surface area contributed by atoms with Gasteiger partial charge in [-0.25, -0.2) is 0 Å². The van der Waals surface area contributed by atoms with Crippen molar-refractivity contribution in [2.45, 2.75) is 19.9 Å². The Labute approximate surface area is 129 Å². The molecule has 1 aliphatic rings. The largest absolute Gasteiger partial charge is 0.322 e. The number of nitrogens with one attached hydrogen (secondary N) is 2. The second kappa shape index (κ2) is 5.88. The number of halogens is 1. The van der Waals surface area contributed by atoms with Crippen LogP contribution in [0, 0.1) is 6.92 Å². The van der Waals surface area contributed by atoms with Gasteiger partial charge in [0.15, 0.2) is 0 Å². The first-order valence-corrected chi connectivity index (χ1v) is 7.41. The van der Waals surface area contributed by atoms with E-state index in [1.165, 1.54) is 11.1 Å².